The van der Waals surface area contributed by atoms with E-state index in [2.05, 4.69) is 15.0 Å². The van der Waals surface area contributed by atoms with Gasteiger partial charge in [-0.25, -0.2) is 0 Å². The molecular formula is C20H18Cl2F2N2O3. The molecule has 0 saturated carbocycles. The van der Waals surface area contributed by atoms with Gasteiger partial charge in [-0.05, 0) is 42.2 Å². The Morgan fingerprint density at radius 3 is 2.72 bits per heavy atom. The minimum Gasteiger partial charge on any atom is -0.485 e. The van der Waals surface area contributed by atoms with Gasteiger partial charge in [0.2, 0.25) is 0 Å². The summed E-state index contributed by atoms with van der Waals surface area (Å²) in [5.74, 6) is -0.446. The van der Waals surface area contributed by atoms with Gasteiger partial charge in [-0.15, -0.1) is 11.6 Å². The summed E-state index contributed by atoms with van der Waals surface area (Å²) in [7, 11) is 0. The van der Waals surface area contributed by atoms with E-state index < -0.39 is 12.5 Å². The van der Waals surface area contributed by atoms with Gasteiger partial charge >= 0.3 is 6.61 Å². The lowest BCUT2D eigenvalue weighted by Gasteiger charge is -2.18. The summed E-state index contributed by atoms with van der Waals surface area (Å²) in [5.41, 5.74) is 2.24. The fraction of sp³-hybridized carbons (Fsp3) is 0.300. The number of hydrogen-bond donors (Lipinski definition) is 1. The van der Waals surface area contributed by atoms with Crippen LogP contribution < -0.4 is 14.8 Å². The first-order chi connectivity index (χ1) is 14.0. The third-order valence-electron chi connectivity index (χ3n) is 4.32. The van der Waals surface area contributed by atoms with Crippen LogP contribution in [0.1, 0.15) is 23.2 Å². The van der Waals surface area contributed by atoms with Crippen molar-refractivity contribution in [1.82, 2.24) is 5.32 Å². The molecule has 154 valence electrons. The van der Waals surface area contributed by atoms with Gasteiger partial charge in [-0.2, -0.15) is 8.78 Å². The van der Waals surface area contributed by atoms with Crippen LogP contribution in [0.25, 0.3) is 0 Å². The average Bonchev–Trinajstić information content (AvgIpc) is 2.82. The highest BCUT2D eigenvalue weighted by molar-refractivity contribution is 6.40. The van der Waals surface area contributed by atoms with E-state index in [0.717, 1.165) is 18.4 Å². The normalized spacial score (nSPS) is 16.0. The fourth-order valence-electron chi connectivity index (χ4n) is 2.67. The standard InChI is InChI=1S/C20H18Cl2F2N2O3/c21-9-14-6-7-25-10-15(22)18(14)26-19(27)13-4-5-16(29-20(23)24)17(8-13)28-11-12-2-1-3-12/h2,4-6,8,10,20H,1,3,7,9,11H2,(H,26,27). The Balaban J connectivity index is 1.83. The highest BCUT2D eigenvalue weighted by atomic mass is 35.5. The van der Waals surface area contributed by atoms with Crippen LogP contribution in [0, 0.1) is 0 Å². The highest BCUT2D eigenvalue weighted by Crippen LogP contribution is 2.31. The number of benzene rings is 1. The van der Waals surface area contributed by atoms with Crippen molar-refractivity contribution in [3.05, 3.63) is 57.8 Å². The lowest BCUT2D eigenvalue weighted by molar-refractivity contribution is -0.0514. The third-order valence-corrected chi connectivity index (χ3v) is 4.90. The zero-order chi connectivity index (χ0) is 20.8. The van der Waals surface area contributed by atoms with Gasteiger partial charge in [-0.1, -0.05) is 23.8 Å². The van der Waals surface area contributed by atoms with E-state index in [1.165, 1.54) is 24.4 Å². The van der Waals surface area contributed by atoms with Crippen LogP contribution in [0.4, 0.5) is 8.78 Å². The number of carbonyl (C=O) groups is 1. The molecule has 1 aromatic rings. The smallest absolute Gasteiger partial charge is 0.387 e. The minimum atomic E-state index is -3.01. The number of aliphatic imine (C=N–C) groups is 1. The molecular weight excluding hydrogens is 425 g/mol. The van der Waals surface area contributed by atoms with E-state index in [1.54, 1.807) is 6.08 Å². The van der Waals surface area contributed by atoms with Crippen LogP contribution in [-0.4, -0.2) is 37.8 Å². The van der Waals surface area contributed by atoms with Gasteiger partial charge in [0.05, 0.1) is 17.3 Å². The van der Waals surface area contributed by atoms with Crippen molar-refractivity contribution in [2.24, 2.45) is 4.99 Å². The number of halogens is 4. The molecule has 0 unspecified atom stereocenters. The van der Waals surface area contributed by atoms with E-state index in [0.29, 0.717) is 17.8 Å². The monoisotopic (exact) mass is 442 g/mol. The van der Waals surface area contributed by atoms with Gasteiger partial charge in [0.15, 0.2) is 11.5 Å². The first-order valence-electron chi connectivity index (χ1n) is 8.84. The zero-order valence-corrected chi connectivity index (χ0v) is 16.8. The number of amides is 1. The molecule has 0 fully saturated rings. The average molecular weight is 443 g/mol. The van der Waals surface area contributed by atoms with E-state index in [4.69, 9.17) is 27.9 Å². The molecule has 29 heavy (non-hydrogen) atoms. The molecule has 2 aliphatic rings. The molecule has 0 radical (unpaired) electrons. The first kappa shape index (κ1) is 21.3. The second-order valence-electron chi connectivity index (χ2n) is 6.26. The Kier molecular flexibility index (Phi) is 7.28. The summed E-state index contributed by atoms with van der Waals surface area (Å²) >= 11 is 12.1. The zero-order valence-electron chi connectivity index (χ0n) is 15.3. The van der Waals surface area contributed by atoms with Crippen molar-refractivity contribution in [1.29, 1.82) is 0 Å². The predicted octanol–water partition coefficient (Wildman–Crippen LogP) is 4.82. The Morgan fingerprint density at radius 1 is 1.28 bits per heavy atom. The number of ether oxygens (including phenoxy) is 2. The molecule has 1 heterocycles. The van der Waals surface area contributed by atoms with Crippen LogP contribution in [0.3, 0.4) is 0 Å². The number of hydrogen-bond acceptors (Lipinski definition) is 4. The summed E-state index contributed by atoms with van der Waals surface area (Å²) in [6.45, 7) is -2.37. The van der Waals surface area contributed by atoms with Crippen LogP contribution in [0.15, 0.2) is 57.2 Å². The molecule has 0 atom stereocenters. The second kappa shape index (κ2) is 9.89. The summed E-state index contributed by atoms with van der Waals surface area (Å²) in [5, 5.41) is 2.95. The summed E-state index contributed by atoms with van der Waals surface area (Å²) in [6, 6.07) is 4.00. The maximum absolute atomic E-state index is 12.7. The number of nitrogens with zero attached hydrogens (tertiary/aromatic N) is 1. The summed E-state index contributed by atoms with van der Waals surface area (Å²) in [6.07, 6.45) is 7.07. The Bertz CT molecular complexity index is 911. The Morgan fingerprint density at radius 2 is 2.07 bits per heavy atom. The van der Waals surface area contributed by atoms with E-state index in [9.17, 15) is 13.6 Å². The molecule has 9 heteroatoms. The molecule has 5 nitrogen and oxygen atoms in total. The molecule has 0 spiro atoms. The largest absolute Gasteiger partial charge is 0.485 e. The topological polar surface area (TPSA) is 59.9 Å². The maximum Gasteiger partial charge on any atom is 0.387 e. The van der Waals surface area contributed by atoms with Gasteiger partial charge < -0.3 is 14.8 Å². The quantitative estimate of drug-likeness (QED) is 0.463. The SMILES string of the molecule is O=C(NC1=C(Cl)C=NCC=C1CCl)c1ccc(OC(F)F)c(OCC2=CCC2)c1. The lowest BCUT2D eigenvalue weighted by Crippen LogP contribution is -2.25. The molecule has 1 aromatic carbocycles. The van der Waals surface area contributed by atoms with Crippen molar-refractivity contribution in [3.8, 4) is 11.5 Å². The molecule has 0 saturated heterocycles. The maximum atomic E-state index is 12.7. The summed E-state index contributed by atoms with van der Waals surface area (Å²) in [4.78, 5) is 16.8. The Labute approximate surface area is 176 Å². The van der Waals surface area contributed by atoms with E-state index in [1.807, 2.05) is 6.08 Å². The molecule has 0 aromatic heterocycles. The highest BCUT2D eigenvalue weighted by Gasteiger charge is 2.19. The van der Waals surface area contributed by atoms with E-state index in [-0.39, 0.29) is 34.6 Å². The van der Waals surface area contributed by atoms with Crippen LogP contribution in [-0.2, 0) is 0 Å². The number of carbonyl (C=O) groups excluding carboxylic acids is 1. The van der Waals surface area contributed by atoms with Gasteiger partial charge in [0.25, 0.3) is 5.91 Å². The molecule has 1 amide bonds. The number of rotatable bonds is 8. The van der Waals surface area contributed by atoms with Crippen molar-refractivity contribution >= 4 is 35.3 Å². The van der Waals surface area contributed by atoms with Crippen LogP contribution in [0.2, 0.25) is 0 Å². The molecule has 1 N–H and O–H groups in total. The van der Waals surface area contributed by atoms with Gasteiger partial charge in [-0.3, -0.25) is 9.79 Å². The Hall–Kier alpha value is -2.38. The van der Waals surface area contributed by atoms with Crippen molar-refractivity contribution in [2.45, 2.75) is 19.5 Å². The summed E-state index contributed by atoms with van der Waals surface area (Å²) < 4.78 is 35.5. The van der Waals surface area contributed by atoms with Crippen LogP contribution in [0.5, 0.6) is 11.5 Å². The van der Waals surface area contributed by atoms with Gasteiger partial charge in [0.1, 0.15) is 6.61 Å². The first-order valence-corrected chi connectivity index (χ1v) is 9.75. The van der Waals surface area contributed by atoms with E-state index >= 15 is 0 Å². The fourth-order valence-corrected chi connectivity index (χ4v) is 3.15. The molecule has 1 aliphatic carbocycles. The van der Waals surface area contributed by atoms with Gasteiger partial charge in [0, 0.05) is 17.7 Å². The second-order valence-corrected chi connectivity index (χ2v) is 6.94. The minimum absolute atomic E-state index is 0.0568. The van der Waals surface area contributed by atoms with Crippen LogP contribution >= 0.6 is 23.2 Å². The van der Waals surface area contributed by atoms with Crippen molar-refractivity contribution < 1.29 is 23.0 Å². The molecule has 0 bridgehead atoms. The van der Waals surface area contributed by atoms with Crippen molar-refractivity contribution in [3.63, 3.8) is 0 Å². The number of allylic oxidation sites excluding steroid dienone is 3. The number of alkyl halides is 3. The molecule has 3 rings (SSSR count). The molecule has 1 aliphatic heterocycles. The number of nitrogens with one attached hydrogen (secondary N) is 1. The van der Waals surface area contributed by atoms with Crippen molar-refractivity contribution in [2.75, 3.05) is 19.0 Å². The lowest BCUT2D eigenvalue weighted by atomic mass is 10.0. The third kappa shape index (κ3) is 5.58. The predicted molar refractivity (Wildman–Crippen MR) is 108 cm³/mol.